The summed E-state index contributed by atoms with van der Waals surface area (Å²) in [5.74, 6) is -6.84. The summed E-state index contributed by atoms with van der Waals surface area (Å²) in [7, 11) is 0. The second kappa shape index (κ2) is 18.7. The number of hydrogen-bond acceptors (Lipinski definition) is 20. The minimum absolute atomic E-state index is 0.00281. The zero-order chi connectivity index (χ0) is 50.8. The molecule has 20 nitrogen and oxygen atoms in total. The number of ether oxygens (including phenoxy) is 6. The SMILES string of the molecule is C=C(CC)C1CCC2(C(=O)OC3(O)OC(COC4(O)OC(CO)C(OC5OC(C)C(O)C(O)C5O)C(O)C4O)C(O)C(O)C3O)CCC3(C)C(CCC4C5(C)CCC(OO)C(C)(C)C5CCC43C)C12. The Balaban J connectivity index is 1.00. The van der Waals surface area contributed by atoms with Gasteiger partial charge in [-0.15, -0.1) is 0 Å². The summed E-state index contributed by atoms with van der Waals surface area (Å²) in [5, 5.41) is 130. The number of rotatable bonds is 11. The third kappa shape index (κ3) is 8.12. The van der Waals surface area contributed by atoms with Crippen molar-refractivity contribution in [3.05, 3.63) is 12.2 Å². The standard InChI is InChI=1S/C49H80O20/c1-9-22(2)24-12-17-47(19-18-45(7)25(31(24)47)10-11-29-44(6)15-14-30(69-62)43(4,5)28(44)13-16-46(29,45)8)42(59)68-49(61)39(57)35(54)33(52)27(67-49)21-63-48(60)40(58)37(56)38(26(20-50)66-48)65-41-36(55)34(53)32(51)23(3)64-41/h23-41,50-58,60-62H,2,9-21H2,1,3-8H3. The molecule has 3 aliphatic heterocycles. The van der Waals surface area contributed by atoms with Crippen LogP contribution in [0, 0.1) is 56.7 Å². The maximum absolute atomic E-state index is 15.1. The van der Waals surface area contributed by atoms with Crippen LogP contribution in [0.25, 0.3) is 0 Å². The first-order valence-electron chi connectivity index (χ1n) is 25.2. The van der Waals surface area contributed by atoms with E-state index in [2.05, 4.69) is 41.2 Å². The number of carbonyl (C=O) groups is 1. The van der Waals surface area contributed by atoms with E-state index in [0.717, 1.165) is 44.1 Å². The molecular formula is C49H80O20. The quantitative estimate of drug-likeness (QED) is 0.0442. The van der Waals surface area contributed by atoms with Crippen molar-refractivity contribution in [2.24, 2.45) is 56.7 Å². The van der Waals surface area contributed by atoms with E-state index in [1.165, 1.54) is 6.92 Å². The first-order chi connectivity index (χ1) is 32.2. The topological polar surface area (TPSA) is 324 Å². The van der Waals surface area contributed by atoms with Gasteiger partial charge in [0.25, 0.3) is 0 Å². The van der Waals surface area contributed by atoms with Crippen molar-refractivity contribution >= 4 is 5.97 Å². The molecule has 8 aliphatic rings. The smallest absolute Gasteiger partial charge is 0.357 e. The molecule has 8 fully saturated rings. The fourth-order valence-electron chi connectivity index (χ4n) is 16.1. The van der Waals surface area contributed by atoms with Gasteiger partial charge >= 0.3 is 17.9 Å². The Bertz CT molecular complexity index is 1890. The van der Waals surface area contributed by atoms with Gasteiger partial charge in [0, 0.05) is 0 Å². The van der Waals surface area contributed by atoms with E-state index in [9.17, 15) is 61.4 Å². The summed E-state index contributed by atoms with van der Waals surface area (Å²) in [6.45, 7) is 17.6. The molecule has 20 heteroatoms. The largest absolute Gasteiger partial charge is 0.405 e. The summed E-state index contributed by atoms with van der Waals surface area (Å²) in [4.78, 5) is 20.2. The summed E-state index contributed by atoms with van der Waals surface area (Å²) in [5.41, 5.74) is -0.683. The molecule has 396 valence electrons. The van der Waals surface area contributed by atoms with Crippen LogP contribution in [0.2, 0.25) is 0 Å². The van der Waals surface area contributed by atoms with Crippen molar-refractivity contribution in [3.8, 4) is 0 Å². The highest BCUT2D eigenvalue weighted by Gasteiger charge is 2.73. The Hall–Kier alpha value is -1.51. The molecule has 0 aromatic heterocycles. The van der Waals surface area contributed by atoms with E-state index in [1.54, 1.807) is 0 Å². The van der Waals surface area contributed by atoms with E-state index in [4.69, 9.17) is 33.3 Å². The average Bonchev–Trinajstić information content (AvgIpc) is 3.71. The van der Waals surface area contributed by atoms with Crippen LogP contribution < -0.4 is 0 Å². The van der Waals surface area contributed by atoms with Gasteiger partial charge in [-0.2, -0.15) is 0 Å². The lowest BCUT2D eigenvalue weighted by molar-refractivity contribution is -0.474. The molecule has 5 aliphatic carbocycles. The summed E-state index contributed by atoms with van der Waals surface area (Å²) in [6.07, 6.45) is -16.3. The van der Waals surface area contributed by atoms with E-state index in [-0.39, 0.29) is 45.5 Å². The molecule has 25 unspecified atom stereocenters. The number of carbonyl (C=O) groups excluding carboxylic acids is 1. The molecule has 0 spiro atoms. The Morgan fingerprint density at radius 2 is 1.38 bits per heavy atom. The first-order valence-corrected chi connectivity index (χ1v) is 25.2. The van der Waals surface area contributed by atoms with Gasteiger partial charge in [0.15, 0.2) is 18.5 Å². The third-order valence-corrected chi connectivity index (χ3v) is 20.3. The van der Waals surface area contributed by atoms with Crippen LogP contribution in [0.4, 0.5) is 0 Å². The monoisotopic (exact) mass is 989 g/mol. The van der Waals surface area contributed by atoms with Gasteiger partial charge in [0.2, 0.25) is 0 Å². The zero-order valence-corrected chi connectivity index (χ0v) is 41.0. The summed E-state index contributed by atoms with van der Waals surface area (Å²) in [6, 6.07) is 0. The zero-order valence-electron chi connectivity index (χ0n) is 41.0. The Labute approximate surface area is 403 Å². The van der Waals surface area contributed by atoms with Crippen LogP contribution in [0.3, 0.4) is 0 Å². The van der Waals surface area contributed by atoms with Crippen molar-refractivity contribution in [2.75, 3.05) is 13.2 Å². The van der Waals surface area contributed by atoms with Gasteiger partial charge in [0.05, 0.1) is 30.8 Å². The molecule has 69 heavy (non-hydrogen) atoms. The third-order valence-electron chi connectivity index (χ3n) is 20.3. The Kier molecular flexibility index (Phi) is 14.6. The number of aliphatic hydroxyl groups excluding tert-OH is 9. The van der Waals surface area contributed by atoms with Crippen LogP contribution in [0.1, 0.15) is 119 Å². The molecule has 5 saturated carbocycles. The molecule has 0 amide bonds. The van der Waals surface area contributed by atoms with Crippen molar-refractivity contribution in [3.63, 3.8) is 0 Å². The molecule has 3 saturated heterocycles. The van der Waals surface area contributed by atoms with Crippen LogP contribution >= 0.6 is 0 Å². The predicted octanol–water partition coefficient (Wildman–Crippen LogP) is 0.551. The highest BCUT2D eigenvalue weighted by Crippen LogP contribution is 2.78. The average molecular weight is 989 g/mol. The lowest BCUT2D eigenvalue weighted by Gasteiger charge is -2.72. The van der Waals surface area contributed by atoms with E-state index < -0.39 is 116 Å². The van der Waals surface area contributed by atoms with Gasteiger partial charge in [-0.25, -0.2) is 4.89 Å². The minimum Gasteiger partial charge on any atom is -0.405 e. The Morgan fingerprint density at radius 1 is 0.710 bits per heavy atom. The summed E-state index contributed by atoms with van der Waals surface area (Å²) < 4.78 is 33.5. The molecule has 25 atom stereocenters. The lowest BCUT2D eigenvalue weighted by Crippen LogP contribution is -2.70. The molecule has 0 radical (unpaired) electrons. The molecule has 0 bridgehead atoms. The number of aliphatic hydroxyl groups is 11. The van der Waals surface area contributed by atoms with Gasteiger partial charge in [-0.05, 0) is 129 Å². The van der Waals surface area contributed by atoms with E-state index in [1.807, 2.05) is 6.92 Å². The number of esters is 1. The van der Waals surface area contributed by atoms with Crippen molar-refractivity contribution in [1.29, 1.82) is 0 Å². The predicted molar refractivity (Wildman–Crippen MR) is 237 cm³/mol. The minimum atomic E-state index is -3.26. The maximum atomic E-state index is 15.1. The van der Waals surface area contributed by atoms with Crippen molar-refractivity contribution < 1.29 is 99.5 Å². The molecule has 12 N–H and O–H groups in total. The fraction of sp³-hybridized carbons (Fsp3) is 0.939. The van der Waals surface area contributed by atoms with Crippen molar-refractivity contribution in [1.82, 2.24) is 0 Å². The number of hydrogen-bond donors (Lipinski definition) is 12. The van der Waals surface area contributed by atoms with Crippen molar-refractivity contribution in [2.45, 2.75) is 217 Å². The number of fused-ring (bicyclic) bond motifs is 7. The second-order valence-electron chi connectivity index (χ2n) is 23.6. The van der Waals surface area contributed by atoms with E-state index >= 15 is 4.79 Å². The first kappa shape index (κ1) is 53.8. The van der Waals surface area contributed by atoms with E-state index in [0.29, 0.717) is 43.9 Å². The molecule has 0 aromatic rings. The van der Waals surface area contributed by atoms with Gasteiger partial charge in [0.1, 0.15) is 54.9 Å². The summed E-state index contributed by atoms with van der Waals surface area (Å²) >= 11 is 0. The van der Waals surface area contributed by atoms with Crippen LogP contribution in [0.5, 0.6) is 0 Å². The molecular weight excluding hydrogens is 909 g/mol. The molecule has 0 aromatic carbocycles. The lowest BCUT2D eigenvalue weighted by atomic mass is 9.32. The van der Waals surface area contributed by atoms with Gasteiger partial charge < -0.3 is 84.6 Å². The maximum Gasteiger partial charge on any atom is 0.357 e. The highest BCUT2D eigenvalue weighted by atomic mass is 17.1. The van der Waals surface area contributed by atoms with Crippen LogP contribution in [-0.4, -0.2) is 178 Å². The molecule has 8 rings (SSSR count). The highest BCUT2D eigenvalue weighted by molar-refractivity contribution is 5.78. The van der Waals surface area contributed by atoms with Crippen LogP contribution in [-0.2, 0) is 38.1 Å². The second-order valence-corrected chi connectivity index (χ2v) is 23.6. The van der Waals surface area contributed by atoms with Gasteiger partial charge in [-0.3, -0.25) is 10.1 Å². The molecule has 3 heterocycles. The van der Waals surface area contributed by atoms with Crippen LogP contribution in [0.15, 0.2) is 12.2 Å². The Morgan fingerprint density at radius 3 is 2.03 bits per heavy atom. The van der Waals surface area contributed by atoms with Gasteiger partial charge in [-0.1, -0.05) is 53.7 Å². The number of allylic oxidation sites excluding steroid dienone is 1. The fourth-order valence-corrected chi connectivity index (χ4v) is 16.1. The normalized spacial score (nSPS) is 54.9.